The number of anilines is 1. The standard InChI is InChI=1S/C19H24N2O4S/c1-12(2)16-8-5-13(3)9-17(16)25-11-19(22)21-15-7-6-14(4)18(10-15)26(20,23)24/h5-10,12H,11H2,1-4H3,(H,21,22)(H2,20,23,24). The first kappa shape index (κ1) is 19.9. The van der Waals surface area contributed by atoms with Crippen molar-refractivity contribution in [3.05, 3.63) is 53.1 Å². The number of rotatable bonds is 6. The molecule has 0 saturated heterocycles. The molecule has 3 N–H and O–H groups in total. The van der Waals surface area contributed by atoms with Crippen molar-refractivity contribution in [1.29, 1.82) is 0 Å². The molecule has 0 radical (unpaired) electrons. The average molecular weight is 376 g/mol. The zero-order valence-electron chi connectivity index (χ0n) is 15.4. The molecule has 26 heavy (non-hydrogen) atoms. The molecule has 2 rings (SSSR count). The van der Waals surface area contributed by atoms with Crippen LogP contribution in [0.2, 0.25) is 0 Å². The quantitative estimate of drug-likeness (QED) is 0.809. The summed E-state index contributed by atoms with van der Waals surface area (Å²) in [5.41, 5.74) is 2.93. The summed E-state index contributed by atoms with van der Waals surface area (Å²) in [6, 6.07) is 10.4. The molecule has 0 aliphatic carbocycles. The first-order valence-electron chi connectivity index (χ1n) is 8.24. The maximum atomic E-state index is 12.2. The van der Waals surface area contributed by atoms with Crippen LogP contribution in [0.5, 0.6) is 5.75 Å². The summed E-state index contributed by atoms with van der Waals surface area (Å²) in [6.45, 7) is 7.52. The minimum absolute atomic E-state index is 0.0167. The van der Waals surface area contributed by atoms with Gasteiger partial charge in [0.1, 0.15) is 5.75 Å². The SMILES string of the molecule is Cc1ccc(C(C)C)c(OCC(=O)Nc2ccc(C)c(S(N)(=O)=O)c2)c1. The van der Waals surface area contributed by atoms with Gasteiger partial charge in [0.25, 0.3) is 5.91 Å². The molecule has 7 heteroatoms. The summed E-state index contributed by atoms with van der Waals surface area (Å²) in [5.74, 6) is 0.554. The lowest BCUT2D eigenvalue weighted by Gasteiger charge is -2.15. The zero-order chi connectivity index (χ0) is 19.5. The van der Waals surface area contributed by atoms with Crippen molar-refractivity contribution in [2.24, 2.45) is 5.14 Å². The van der Waals surface area contributed by atoms with E-state index in [1.54, 1.807) is 19.1 Å². The Labute approximate surface area is 154 Å². The lowest BCUT2D eigenvalue weighted by atomic mass is 10.0. The predicted molar refractivity (Wildman–Crippen MR) is 102 cm³/mol. The van der Waals surface area contributed by atoms with Crippen molar-refractivity contribution in [2.45, 2.75) is 38.5 Å². The fraction of sp³-hybridized carbons (Fsp3) is 0.316. The largest absolute Gasteiger partial charge is 0.483 e. The van der Waals surface area contributed by atoms with Gasteiger partial charge in [-0.1, -0.05) is 32.0 Å². The summed E-state index contributed by atoms with van der Waals surface area (Å²) in [5, 5.41) is 7.82. The van der Waals surface area contributed by atoms with Gasteiger partial charge in [0.05, 0.1) is 4.90 Å². The second kappa shape index (κ2) is 7.88. The Morgan fingerprint density at radius 3 is 2.46 bits per heavy atom. The summed E-state index contributed by atoms with van der Waals surface area (Å²) < 4.78 is 28.8. The van der Waals surface area contributed by atoms with E-state index in [0.717, 1.165) is 11.1 Å². The smallest absolute Gasteiger partial charge is 0.262 e. The van der Waals surface area contributed by atoms with Crippen LogP contribution in [0.4, 0.5) is 5.69 Å². The van der Waals surface area contributed by atoms with Crippen molar-refractivity contribution in [1.82, 2.24) is 0 Å². The van der Waals surface area contributed by atoms with Gasteiger partial charge in [-0.05, 0) is 54.7 Å². The molecule has 0 aliphatic heterocycles. The van der Waals surface area contributed by atoms with Crippen molar-refractivity contribution in [3.8, 4) is 5.75 Å². The number of carbonyl (C=O) groups excluding carboxylic acids is 1. The molecule has 6 nitrogen and oxygen atoms in total. The molecule has 2 aromatic carbocycles. The second-order valence-corrected chi connectivity index (χ2v) is 8.09. The van der Waals surface area contributed by atoms with E-state index in [4.69, 9.17) is 9.88 Å². The number of nitrogens with two attached hydrogens (primary N) is 1. The van der Waals surface area contributed by atoms with E-state index < -0.39 is 10.0 Å². The average Bonchev–Trinajstić information content (AvgIpc) is 2.53. The van der Waals surface area contributed by atoms with E-state index in [1.165, 1.54) is 6.07 Å². The minimum Gasteiger partial charge on any atom is -0.483 e. The third kappa shape index (κ3) is 5.06. The summed E-state index contributed by atoms with van der Waals surface area (Å²) in [4.78, 5) is 12.2. The van der Waals surface area contributed by atoms with Gasteiger partial charge in [-0.25, -0.2) is 13.6 Å². The number of sulfonamides is 1. The Morgan fingerprint density at radius 2 is 1.85 bits per heavy atom. The topological polar surface area (TPSA) is 98.5 Å². The molecule has 1 amide bonds. The monoisotopic (exact) mass is 376 g/mol. The fourth-order valence-corrected chi connectivity index (χ4v) is 3.38. The Kier molecular flexibility index (Phi) is 6.05. The van der Waals surface area contributed by atoms with Gasteiger partial charge in [-0.2, -0.15) is 0 Å². The molecule has 0 aromatic heterocycles. The van der Waals surface area contributed by atoms with Crippen LogP contribution >= 0.6 is 0 Å². The first-order valence-corrected chi connectivity index (χ1v) is 9.79. The third-order valence-corrected chi connectivity index (χ3v) is 4.98. The van der Waals surface area contributed by atoms with Gasteiger partial charge >= 0.3 is 0 Å². The lowest BCUT2D eigenvalue weighted by molar-refractivity contribution is -0.118. The highest BCUT2D eigenvalue weighted by atomic mass is 32.2. The molecular formula is C19H24N2O4S. The summed E-state index contributed by atoms with van der Waals surface area (Å²) >= 11 is 0. The van der Waals surface area contributed by atoms with E-state index >= 15 is 0 Å². The van der Waals surface area contributed by atoms with Gasteiger partial charge in [0, 0.05) is 5.69 Å². The van der Waals surface area contributed by atoms with Crippen LogP contribution in [0, 0.1) is 13.8 Å². The first-order chi connectivity index (χ1) is 12.1. The van der Waals surface area contributed by atoms with Crippen molar-refractivity contribution in [3.63, 3.8) is 0 Å². The number of hydrogen-bond donors (Lipinski definition) is 2. The summed E-state index contributed by atoms with van der Waals surface area (Å²) in [7, 11) is -3.85. The Bertz CT molecular complexity index is 921. The van der Waals surface area contributed by atoms with Crippen LogP contribution < -0.4 is 15.2 Å². The Morgan fingerprint density at radius 1 is 1.15 bits per heavy atom. The Hall–Kier alpha value is -2.38. The van der Waals surface area contributed by atoms with Gasteiger partial charge in [0.15, 0.2) is 6.61 Å². The molecule has 0 saturated carbocycles. The number of nitrogens with one attached hydrogen (secondary N) is 1. The molecule has 0 fully saturated rings. The molecule has 0 spiro atoms. The maximum absolute atomic E-state index is 12.2. The molecular weight excluding hydrogens is 352 g/mol. The van der Waals surface area contributed by atoms with E-state index in [9.17, 15) is 13.2 Å². The fourth-order valence-electron chi connectivity index (χ4n) is 2.57. The van der Waals surface area contributed by atoms with Crippen LogP contribution in [-0.4, -0.2) is 20.9 Å². The van der Waals surface area contributed by atoms with E-state index in [-0.39, 0.29) is 23.3 Å². The molecule has 0 heterocycles. The molecule has 2 aromatic rings. The van der Waals surface area contributed by atoms with Crippen LogP contribution in [0.15, 0.2) is 41.3 Å². The molecule has 0 atom stereocenters. The van der Waals surface area contributed by atoms with E-state index in [2.05, 4.69) is 19.2 Å². The highest BCUT2D eigenvalue weighted by molar-refractivity contribution is 7.89. The zero-order valence-corrected chi connectivity index (χ0v) is 16.2. The van der Waals surface area contributed by atoms with Gasteiger partial charge in [0.2, 0.25) is 10.0 Å². The van der Waals surface area contributed by atoms with Gasteiger partial charge < -0.3 is 10.1 Å². The highest BCUT2D eigenvalue weighted by Gasteiger charge is 2.14. The van der Waals surface area contributed by atoms with E-state index in [1.807, 2.05) is 25.1 Å². The van der Waals surface area contributed by atoms with Crippen molar-refractivity contribution < 1.29 is 17.9 Å². The molecule has 0 unspecified atom stereocenters. The second-order valence-electron chi connectivity index (χ2n) is 6.56. The Balaban J connectivity index is 2.10. The predicted octanol–water partition coefficient (Wildman–Crippen LogP) is 3.09. The number of amides is 1. The van der Waals surface area contributed by atoms with Crippen LogP contribution in [0.25, 0.3) is 0 Å². The van der Waals surface area contributed by atoms with E-state index in [0.29, 0.717) is 17.0 Å². The summed E-state index contributed by atoms with van der Waals surface area (Å²) in [6.07, 6.45) is 0. The van der Waals surface area contributed by atoms with Crippen LogP contribution in [0.3, 0.4) is 0 Å². The lowest BCUT2D eigenvalue weighted by Crippen LogP contribution is -2.21. The van der Waals surface area contributed by atoms with Crippen molar-refractivity contribution >= 4 is 21.6 Å². The number of hydrogen-bond acceptors (Lipinski definition) is 4. The number of aryl methyl sites for hydroxylation is 2. The molecule has 0 bridgehead atoms. The number of benzene rings is 2. The highest BCUT2D eigenvalue weighted by Crippen LogP contribution is 2.27. The van der Waals surface area contributed by atoms with Crippen LogP contribution in [0.1, 0.15) is 36.5 Å². The number of carbonyl (C=O) groups is 1. The van der Waals surface area contributed by atoms with Gasteiger partial charge in [-0.3, -0.25) is 4.79 Å². The minimum atomic E-state index is -3.85. The normalized spacial score (nSPS) is 11.5. The number of primary sulfonamides is 1. The molecule has 0 aliphatic rings. The maximum Gasteiger partial charge on any atom is 0.262 e. The number of ether oxygens (including phenoxy) is 1. The van der Waals surface area contributed by atoms with Gasteiger partial charge in [-0.15, -0.1) is 0 Å². The third-order valence-electron chi connectivity index (χ3n) is 3.93. The molecule has 140 valence electrons. The van der Waals surface area contributed by atoms with Crippen LogP contribution in [-0.2, 0) is 14.8 Å². The van der Waals surface area contributed by atoms with Crippen molar-refractivity contribution in [2.75, 3.05) is 11.9 Å².